The fourth-order valence-electron chi connectivity index (χ4n) is 1.68. The molecule has 3 N–H and O–H groups in total. The van der Waals surface area contributed by atoms with Crippen LogP contribution in [0.1, 0.15) is 38.5 Å². The van der Waals surface area contributed by atoms with E-state index in [1.807, 2.05) is 0 Å². The molecule has 13 heavy (non-hydrogen) atoms. The lowest BCUT2D eigenvalue weighted by molar-refractivity contribution is -0.137. The first-order chi connectivity index (χ1) is 6.20. The van der Waals surface area contributed by atoms with Crippen LogP contribution >= 0.6 is 0 Å². The van der Waals surface area contributed by atoms with Crippen LogP contribution in [-0.4, -0.2) is 17.9 Å². The zero-order chi connectivity index (χ0) is 9.68. The molecule has 1 rings (SSSR count). The normalized spacial score (nSPS) is 19.1. The van der Waals surface area contributed by atoms with Gasteiger partial charge in [0.15, 0.2) is 0 Å². The van der Waals surface area contributed by atoms with E-state index >= 15 is 0 Å². The Bertz CT molecular complexity index is 196. The number of carbonyl (C=O) groups is 2. The second-order valence-corrected chi connectivity index (χ2v) is 3.53. The highest BCUT2D eigenvalue weighted by Crippen LogP contribution is 2.16. The Morgan fingerprint density at radius 3 is 2.08 bits per heavy atom. The van der Waals surface area contributed by atoms with Crippen molar-refractivity contribution in [3.63, 3.8) is 0 Å². The Hall–Kier alpha value is -1.06. The van der Waals surface area contributed by atoms with Gasteiger partial charge in [-0.15, -0.1) is 0 Å². The second kappa shape index (κ2) is 4.84. The zero-order valence-electron chi connectivity index (χ0n) is 7.71. The highest BCUT2D eigenvalue weighted by Gasteiger charge is 2.16. The number of hydrogen-bond acceptors (Lipinski definition) is 2. The quantitative estimate of drug-likeness (QED) is 0.454. The Balaban J connectivity index is 2.33. The number of nitrogens with two attached hydrogens (primary N) is 1. The van der Waals surface area contributed by atoms with Gasteiger partial charge in [0.05, 0.1) is 0 Å². The summed E-state index contributed by atoms with van der Waals surface area (Å²) < 4.78 is 0. The van der Waals surface area contributed by atoms with Gasteiger partial charge in [-0.25, -0.2) is 0 Å². The summed E-state index contributed by atoms with van der Waals surface area (Å²) in [6, 6.07) is 0.155. The summed E-state index contributed by atoms with van der Waals surface area (Å²) in [5, 5.41) is 2.64. The van der Waals surface area contributed by atoms with Crippen LogP contribution < -0.4 is 11.1 Å². The molecule has 0 aromatic rings. The van der Waals surface area contributed by atoms with Crippen LogP contribution in [0, 0.1) is 0 Å². The van der Waals surface area contributed by atoms with Crippen molar-refractivity contribution in [2.24, 2.45) is 5.73 Å². The Morgan fingerprint density at radius 1 is 1.08 bits per heavy atom. The average molecular weight is 184 g/mol. The molecule has 0 aromatic heterocycles. The predicted octanol–water partition coefficient (Wildman–Crippen LogP) is 0.311. The van der Waals surface area contributed by atoms with Gasteiger partial charge < -0.3 is 11.1 Å². The minimum atomic E-state index is -0.885. The van der Waals surface area contributed by atoms with E-state index in [4.69, 9.17) is 5.73 Å². The fraction of sp³-hybridized carbons (Fsp3) is 0.778. The molecule has 2 amide bonds. The van der Waals surface area contributed by atoms with Gasteiger partial charge >= 0.3 is 11.8 Å². The molecule has 4 heteroatoms. The number of rotatable bonds is 1. The van der Waals surface area contributed by atoms with E-state index in [2.05, 4.69) is 5.32 Å². The lowest BCUT2D eigenvalue weighted by Crippen LogP contribution is -2.42. The predicted molar refractivity (Wildman–Crippen MR) is 48.8 cm³/mol. The summed E-state index contributed by atoms with van der Waals surface area (Å²) >= 11 is 0. The van der Waals surface area contributed by atoms with Gasteiger partial charge in [0.2, 0.25) is 0 Å². The third-order valence-electron chi connectivity index (χ3n) is 2.41. The van der Waals surface area contributed by atoms with E-state index in [1.165, 1.54) is 12.8 Å². The van der Waals surface area contributed by atoms with E-state index in [1.54, 1.807) is 0 Å². The number of carbonyl (C=O) groups excluding carboxylic acids is 2. The molecule has 1 fully saturated rings. The van der Waals surface area contributed by atoms with Crippen LogP contribution in [0.5, 0.6) is 0 Å². The van der Waals surface area contributed by atoms with Crippen molar-refractivity contribution in [1.29, 1.82) is 0 Å². The third kappa shape index (κ3) is 3.44. The van der Waals surface area contributed by atoms with Crippen molar-refractivity contribution >= 4 is 11.8 Å². The number of nitrogens with one attached hydrogen (secondary N) is 1. The van der Waals surface area contributed by atoms with Gasteiger partial charge in [0.1, 0.15) is 0 Å². The molecule has 1 aliphatic rings. The molecule has 1 saturated carbocycles. The first kappa shape index (κ1) is 10.0. The Kier molecular flexibility index (Phi) is 3.73. The maximum atomic E-state index is 10.9. The van der Waals surface area contributed by atoms with Crippen molar-refractivity contribution in [3.8, 4) is 0 Å². The highest BCUT2D eigenvalue weighted by molar-refractivity contribution is 6.34. The minimum absolute atomic E-state index is 0.155. The van der Waals surface area contributed by atoms with Gasteiger partial charge in [-0.3, -0.25) is 9.59 Å². The average Bonchev–Trinajstić information content (AvgIpc) is 2.32. The standard InChI is InChI=1S/C9H16N2O2/c10-8(12)9(13)11-7-5-3-1-2-4-6-7/h7H,1-6H2,(H2,10,12)(H,11,13). The van der Waals surface area contributed by atoms with Gasteiger partial charge in [-0.05, 0) is 12.8 Å². The fourth-order valence-corrected chi connectivity index (χ4v) is 1.68. The van der Waals surface area contributed by atoms with E-state index in [9.17, 15) is 9.59 Å². The molecule has 0 heterocycles. The number of primary amides is 1. The van der Waals surface area contributed by atoms with Gasteiger partial charge in [0.25, 0.3) is 0 Å². The van der Waals surface area contributed by atoms with Crippen molar-refractivity contribution in [1.82, 2.24) is 5.32 Å². The molecular weight excluding hydrogens is 168 g/mol. The van der Waals surface area contributed by atoms with Gasteiger partial charge in [-0.2, -0.15) is 0 Å². The molecule has 0 saturated heterocycles. The molecule has 0 aromatic carbocycles. The van der Waals surface area contributed by atoms with E-state index < -0.39 is 11.8 Å². The molecule has 0 radical (unpaired) electrons. The lowest BCUT2D eigenvalue weighted by atomic mass is 10.1. The van der Waals surface area contributed by atoms with Gasteiger partial charge in [-0.1, -0.05) is 25.7 Å². The maximum absolute atomic E-state index is 10.9. The van der Waals surface area contributed by atoms with Crippen molar-refractivity contribution in [3.05, 3.63) is 0 Å². The SMILES string of the molecule is NC(=O)C(=O)NC1CCCCCC1. The van der Waals surface area contributed by atoms with Crippen LogP contribution in [0.3, 0.4) is 0 Å². The maximum Gasteiger partial charge on any atom is 0.309 e. The van der Waals surface area contributed by atoms with E-state index in [0.29, 0.717) is 0 Å². The second-order valence-electron chi connectivity index (χ2n) is 3.53. The summed E-state index contributed by atoms with van der Waals surface area (Å²) in [7, 11) is 0. The topological polar surface area (TPSA) is 72.2 Å². The molecule has 0 unspecified atom stereocenters. The molecule has 0 atom stereocenters. The van der Waals surface area contributed by atoms with Crippen LogP contribution in [0.2, 0.25) is 0 Å². The summed E-state index contributed by atoms with van der Waals surface area (Å²) in [5.41, 5.74) is 4.84. The van der Waals surface area contributed by atoms with Crippen molar-refractivity contribution < 1.29 is 9.59 Å². The first-order valence-electron chi connectivity index (χ1n) is 4.80. The molecule has 74 valence electrons. The molecule has 0 aliphatic heterocycles. The summed E-state index contributed by atoms with van der Waals surface area (Å²) in [6.45, 7) is 0. The summed E-state index contributed by atoms with van der Waals surface area (Å²) in [5.74, 6) is -1.53. The van der Waals surface area contributed by atoms with Crippen LogP contribution in [0.25, 0.3) is 0 Å². The molecule has 4 nitrogen and oxygen atoms in total. The Labute approximate surface area is 77.9 Å². The van der Waals surface area contributed by atoms with E-state index in [0.717, 1.165) is 25.7 Å². The molecule has 0 bridgehead atoms. The minimum Gasteiger partial charge on any atom is -0.361 e. The van der Waals surface area contributed by atoms with Crippen LogP contribution in [0.4, 0.5) is 0 Å². The lowest BCUT2D eigenvalue weighted by Gasteiger charge is -2.14. The van der Waals surface area contributed by atoms with Gasteiger partial charge in [0, 0.05) is 6.04 Å². The van der Waals surface area contributed by atoms with E-state index in [-0.39, 0.29) is 6.04 Å². The third-order valence-corrected chi connectivity index (χ3v) is 2.41. The summed E-state index contributed by atoms with van der Waals surface area (Å²) in [4.78, 5) is 21.4. The Morgan fingerprint density at radius 2 is 1.62 bits per heavy atom. The largest absolute Gasteiger partial charge is 0.361 e. The first-order valence-corrected chi connectivity index (χ1v) is 4.80. The number of hydrogen-bond donors (Lipinski definition) is 2. The summed E-state index contributed by atoms with van der Waals surface area (Å²) in [6.07, 6.45) is 6.65. The zero-order valence-corrected chi connectivity index (χ0v) is 7.71. The van der Waals surface area contributed by atoms with Crippen LogP contribution in [0.15, 0.2) is 0 Å². The highest BCUT2D eigenvalue weighted by atomic mass is 16.2. The molecule has 1 aliphatic carbocycles. The molecular formula is C9H16N2O2. The monoisotopic (exact) mass is 184 g/mol. The number of amides is 2. The smallest absolute Gasteiger partial charge is 0.309 e. The van der Waals surface area contributed by atoms with Crippen LogP contribution in [-0.2, 0) is 9.59 Å². The molecule has 0 spiro atoms. The van der Waals surface area contributed by atoms with Crippen molar-refractivity contribution in [2.45, 2.75) is 44.6 Å². The van der Waals surface area contributed by atoms with Crippen molar-refractivity contribution in [2.75, 3.05) is 0 Å².